The van der Waals surface area contributed by atoms with Crippen molar-refractivity contribution < 1.29 is 15.0 Å². The molecule has 1 aromatic carbocycles. The van der Waals surface area contributed by atoms with Crippen LogP contribution in [0.1, 0.15) is 23.7 Å². The Morgan fingerprint density at radius 2 is 2.14 bits per heavy atom. The molecule has 2 atom stereocenters. The van der Waals surface area contributed by atoms with E-state index in [1.807, 2.05) is 25.1 Å². The zero-order valence-corrected chi connectivity index (χ0v) is 11.9. The highest BCUT2D eigenvalue weighted by Gasteiger charge is 2.26. The molecule has 1 saturated heterocycles. The molecule has 0 aliphatic carbocycles. The number of aromatic nitrogens is 1. The van der Waals surface area contributed by atoms with Gasteiger partial charge in [0, 0.05) is 18.5 Å². The first-order chi connectivity index (χ1) is 10.1. The topological polar surface area (TPSA) is 73.7 Å². The van der Waals surface area contributed by atoms with Crippen LogP contribution < -0.4 is 4.90 Å². The van der Waals surface area contributed by atoms with E-state index in [1.54, 1.807) is 12.1 Å². The Balaban J connectivity index is 2.05. The molecule has 1 aliphatic heterocycles. The number of aliphatic hydroxyl groups is 1. The Morgan fingerprint density at radius 1 is 1.38 bits per heavy atom. The van der Waals surface area contributed by atoms with Gasteiger partial charge in [-0.05, 0) is 24.5 Å². The molecule has 5 heteroatoms. The van der Waals surface area contributed by atoms with Crippen LogP contribution in [0.5, 0.6) is 0 Å². The van der Waals surface area contributed by atoms with Crippen LogP contribution in [0.3, 0.4) is 0 Å². The predicted octanol–water partition coefficient (Wildman–Crippen LogP) is 2.14. The number of nitrogens with zero attached hydrogens (tertiary/aromatic N) is 2. The molecule has 0 saturated carbocycles. The highest BCUT2D eigenvalue weighted by atomic mass is 16.4. The Labute approximate surface area is 122 Å². The van der Waals surface area contributed by atoms with Gasteiger partial charge in [-0.3, -0.25) is 0 Å². The van der Waals surface area contributed by atoms with Crippen molar-refractivity contribution >= 4 is 22.7 Å². The van der Waals surface area contributed by atoms with E-state index in [-0.39, 0.29) is 17.6 Å². The van der Waals surface area contributed by atoms with Crippen LogP contribution >= 0.6 is 0 Å². The van der Waals surface area contributed by atoms with Crippen molar-refractivity contribution in [1.82, 2.24) is 4.98 Å². The third-order valence-electron chi connectivity index (χ3n) is 4.12. The summed E-state index contributed by atoms with van der Waals surface area (Å²) in [6.45, 7) is 3.37. The maximum atomic E-state index is 11.5. The normalized spacial score (nSPS) is 22.5. The molecular formula is C16H18N2O3. The van der Waals surface area contributed by atoms with Crippen molar-refractivity contribution in [2.45, 2.75) is 19.4 Å². The van der Waals surface area contributed by atoms with Crippen molar-refractivity contribution in [3.63, 3.8) is 0 Å². The molecular weight excluding hydrogens is 268 g/mol. The number of carbonyl (C=O) groups is 1. The largest absolute Gasteiger partial charge is 0.478 e. The number of anilines is 1. The molecule has 2 heterocycles. The molecule has 1 aromatic heterocycles. The minimum absolute atomic E-state index is 0.153. The van der Waals surface area contributed by atoms with Crippen molar-refractivity contribution in [2.24, 2.45) is 5.92 Å². The number of benzene rings is 1. The second-order valence-electron chi connectivity index (χ2n) is 5.63. The summed E-state index contributed by atoms with van der Waals surface area (Å²) in [5.41, 5.74) is 0.959. The van der Waals surface area contributed by atoms with E-state index >= 15 is 0 Å². The van der Waals surface area contributed by atoms with Crippen LogP contribution in [-0.4, -0.2) is 40.4 Å². The maximum absolute atomic E-state index is 11.5. The Morgan fingerprint density at radius 3 is 2.86 bits per heavy atom. The number of piperidine rings is 1. The summed E-state index contributed by atoms with van der Waals surface area (Å²) in [5.74, 6) is -0.120. The van der Waals surface area contributed by atoms with E-state index in [0.29, 0.717) is 36.2 Å². The molecule has 110 valence electrons. The van der Waals surface area contributed by atoms with Crippen LogP contribution in [0.25, 0.3) is 10.9 Å². The third-order valence-corrected chi connectivity index (χ3v) is 4.12. The number of carboxylic acids is 1. The Bertz CT molecular complexity index is 686. The Kier molecular flexibility index (Phi) is 3.51. The molecule has 21 heavy (non-hydrogen) atoms. The van der Waals surface area contributed by atoms with Gasteiger partial charge in [0.1, 0.15) is 5.82 Å². The SMILES string of the molecule is CC1CN(c2cc(C(=O)O)c3ccccc3n2)CCC1O. The Hall–Kier alpha value is -2.14. The lowest BCUT2D eigenvalue weighted by molar-refractivity contribution is 0.0698. The van der Waals surface area contributed by atoms with E-state index in [4.69, 9.17) is 0 Å². The van der Waals surface area contributed by atoms with Crippen LogP contribution in [0.2, 0.25) is 0 Å². The van der Waals surface area contributed by atoms with Crippen molar-refractivity contribution in [3.8, 4) is 0 Å². The highest BCUT2D eigenvalue weighted by Crippen LogP contribution is 2.26. The first kappa shape index (κ1) is 13.8. The lowest BCUT2D eigenvalue weighted by Gasteiger charge is -2.35. The van der Waals surface area contributed by atoms with Crippen LogP contribution in [0, 0.1) is 5.92 Å². The van der Waals surface area contributed by atoms with Crippen molar-refractivity contribution in [1.29, 1.82) is 0 Å². The van der Waals surface area contributed by atoms with Gasteiger partial charge in [0.15, 0.2) is 0 Å². The summed E-state index contributed by atoms with van der Waals surface area (Å²) in [5, 5.41) is 19.9. The van der Waals surface area contributed by atoms with Crippen LogP contribution in [0.15, 0.2) is 30.3 Å². The average molecular weight is 286 g/mol. The van der Waals surface area contributed by atoms with E-state index in [1.165, 1.54) is 0 Å². The monoisotopic (exact) mass is 286 g/mol. The molecule has 2 unspecified atom stereocenters. The minimum Gasteiger partial charge on any atom is -0.478 e. The van der Waals surface area contributed by atoms with Crippen LogP contribution in [-0.2, 0) is 0 Å². The number of carboxylic acid groups (broad SMARTS) is 1. The molecule has 0 bridgehead atoms. The summed E-state index contributed by atoms with van der Waals surface area (Å²) >= 11 is 0. The minimum atomic E-state index is -0.944. The number of aliphatic hydroxyl groups excluding tert-OH is 1. The molecule has 1 aliphatic rings. The van der Waals surface area contributed by atoms with Crippen molar-refractivity contribution in [3.05, 3.63) is 35.9 Å². The zero-order valence-electron chi connectivity index (χ0n) is 11.9. The summed E-state index contributed by atoms with van der Waals surface area (Å²) in [7, 11) is 0. The van der Waals surface area contributed by atoms with Gasteiger partial charge in [-0.2, -0.15) is 0 Å². The quantitative estimate of drug-likeness (QED) is 0.885. The van der Waals surface area contributed by atoms with Gasteiger partial charge in [0.05, 0.1) is 17.2 Å². The van der Waals surface area contributed by atoms with E-state index in [0.717, 1.165) is 0 Å². The lowest BCUT2D eigenvalue weighted by atomic mass is 9.96. The second-order valence-corrected chi connectivity index (χ2v) is 5.63. The first-order valence-corrected chi connectivity index (χ1v) is 7.12. The molecule has 3 rings (SSSR count). The second kappa shape index (κ2) is 5.33. The third kappa shape index (κ3) is 2.56. The number of hydrogen-bond donors (Lipinski definition) is 2. The van der Waals surface area contributed by atoms with Crippen LogP contribution in [0.4, 0.5) is 5.82 Å². The number of para-hydroxylation sites is 1. The van der Waals surface area contributed by atoms with Gasteiger partial charge in [-0.25, -0.2) is 9.78 Å². The molecule has 1 fully saturated rings. The summed E-state index contributed by atoms with van der Waals surface area (Å²) < 4.78 is 0. The fourth-order valence-corrected chi connectivity index (χ4v) is 2.84. The number of hydrogen-bond acceptors (Lipinski definition) is 4. The molecule has 2 aromatic rings. The summed E-state index contributed by atoms with van der Waals surface area (Å²) in [6.07, 6.45) is 0.388. The summed E-state index contributed by atoms with van der Waals surface area (Å²) in [6, 6.07) is 8.91. The smallest absolute Gasteiger partial charge is 0.336 e. The maximum Gasteiger partial charge on any atom is 0.336 e. The molecule has 0 radical (unpaired) electrons. The summed E-state index contributed by atoms with van der Waals surface area (Å²) in [4.78, 5) is 18.1. The average Bonchev–Trinajstić information content (AvgIpc) is 2.48. The molecule has 0 spiro atoms. The molecule has 2 N–H and O–H groups in total. The predicted molar refractivity (Wildman–Crippen MR) is 80.7 cm³/mol. The number of aromatic carboxylic acids is 1. The van der Waals surface area contributed by atoms with Crippen molar-refractivity contribution in [2.75, 3.05) is 18.0 Å². The van der Waals surface area contributed by atoms with E-state index in [9.17, 15) is 15.0 Å². The highest BCUT2D eigenvalue weighted by molar-refractivity contribution is 6.03. The zero-order chi connectivity index (χ0) is 15.0. The van der Waals surface area contributed by atoms with E-state index in [2.05, 4.69) is 9.88 Å². The lowest BCUT2D eigenvalue weighted by Crippen LogP contribution is -2.42. The molecule has 0 amide bonds. The number of fused-ring (bicyclic) bond motifs is 1. The number of rotatable bonds is 2. The standard InChI is InChI=1S/C16H18N2O3/c1-10-9-18(7-6-14(10)19)15-8-12(16(20)21)11-4-2-3-5-13(11)17-15/h2-5,8,10,14,19H,6-7,9H2,1H3,(H,20,21). The van der Waals surface area contributed by atoms with Gasteiger partial charge in [0.2, 0.25) is 0 Å². The van der Waals surface area contributed by atoms with Gasteiger partial charge in [-0.1, -0.05) is 25.1 Å². The van der Waals surface area contributed by atoms with E-state index < -0.39 is 5.97 Å². The fourth-order valence-electron chi connectivity index (χ4n) is 2.84. The van der Waals surface area contributed by atoms with Gasteiger partial charge < -0.3 is 15.1 Å². The number of pyridine rings is 1. The van der Waals surface area contributed by atoms with Gasteiger partial charge in [-0.15, -0.1) is 0 Å². The van der Waals surface area contributed by atoms with Gasteiger partial charge in [0.25, 0.3) is 0 Å². The fraction of sp³-hybridized carbons (Fsp3) is 0.375. The first-order valence-electron chi connectivity index (χ1n) is 7.12. The van der Waals surface area contributed by atoms with Gasteiger partial charge >= 0.3 is 5.97 Å². The molecule has 5 nitrogen and oxygen atoms in total.